The first-order valence-electron chi connectivity index (χ1n) is 3.99. The summed E-state index contributed by atoms with van der Waals surface area (Å²) in [6.45, 7) is 1.96. The molecule has 0 aromatic carbocycles. The van der Waals surface area contributed by atoms with Crippen molar-refractivity contribution in [2.75, 3.05) is 6.61 Å². The molecule has 4 nitrogen and oxygen atoms in total. The fourth-order valence-corrected chi connectivity index (χ4v) is 1.10. The number of rotatable bonds is 2. The lowest BCUT2D eigenvalue weighted by molar-refractivity contribution is 0.0519. The Kier molecular flexibility index (Phi) is 3.37. The molecule has 0 amide bonds. The molecule has 1 N–H and O–H groups in total. The van der Waals surface area contributed by atoms with Crippen LogP contribution in [0.3, 0.4) is 0 Å². The van der Waals surface area contributed by atoms with Crippen LogP contribution in [0, 0.1) is 16.0 Å². The zero-order valence-electron chi connectivity index (χ0n) is 7.53. The molecule has 0 aliphatic heterocycles. The van der Waals surface area contributed by atoms with E-state index in [2.05, 4.69) is 4.98 Å². The van der Waals surface area contributed by atoms with Crippen LogP contribution in [0.1, 0.15) is 23.0 Å². The standard InChI is InChI=1S/C9H8N2O2S/c1-2-13-9(12)8-6(5-10)3-4-7(14)11-8/h3-4H,2H2,1H3,(H,11,14). The van der Waals surface area contributed by atoms with Crippen molar-refractivity contribution in [3.8, 4) is 6.07 Å². The van der Waals surface area contributed by atoms with Crippen molar-refractivity contribution in [1.29, 1.82) is 5.26 Å². The van der Waals surface area contributed by atoms with Gasteiger partial charge in [-0.05, 0) is 19.1 Å². The summed E-state index contributed by atoms with van der Waals surface area (Å²) in [6.07, 6.45) is 0. The number of nitrogens with zero attached hydrogens (tertiary/aromatic N) is 1. The first-order chi connectivity index (χ1) is 6.69. The monoisotopic (exact) mass is 208 g/mol. The molecule has 1 aromatic rings. The third kappa shape index (κ3) is 2.18. The fourth-order valence-electron chi connectivity index (χ4n) is 0.932. The second-order valence-corrected chi connectivity index (χ2v) is 2.88. The molecule has 0 atom stereocenters. The van der Waals surface area contributed by atoms with E-state index < -0.39 is 5.97 Å². The van der Waals surface area contributed by atoms with Gasteiger partial charge in [0.15, 0.2) is 0 Å². The summed E-state index contributed by atoms with van der Waals surface area (Å²) in [5, 5.41) is 8.71. The van der Waals surface area contributed by atoms with Gasteiger partial charge in [0.25, 0.3) is 0 Å². The van der Waals surface area contributed by atoms with E-state index in [1.165, 1.54) is 6.07 Å². The van der Waals surface area contributed by atoms with Crippen molar-refractivity contribution in [1.82, 2.24) is 4.98 Å². The highest BCUT2D eigenvalue weighted by molar-refractivity contribution is 7.71. The zero-order chi connectivity index (χ0) is 10.6. The number of hydrogen-bond donors (Lipinski definition) is 1. The smallest absolute Gasteiger partial charge is 0.356 e. The second-order valence-electron chi connectivity index (χ2n) is 2.44. The van der Waals surface area contributed by atoms with E-state index in [-0.39, 0.29) is 17.9 Å². The number of carbonyl (C=O) groups excluding carboxylic acids is 1. The molecule has 0 saturated heterocycles. The molecule has 0 radical (unpaired) electrons. The van der Waals surface area contributed by atoms with Gasteiger partial charge in [-0.2, -0.15) is 5.26 Å². The normalized spacial score (nSPS) is 9.14. The van der Waals surface area contributed by atoms with Gasteiger partial charge in [0, 0.05) is 0 Å². The third-order valence-electron chi connectivity index (χ3n) is 1.52. The maximum Gasteiger partial charge on any atom is 0.356 e. The number of esters is 1. The number of aromatic nitrogens is 1. The Bertz CT molecular complexity index is 445. The van der Waals surface area contributed by atoms with Crippen molar-refractivity contribution < 1.29 is 9.53 Å². The molecule has 72 valence electrons. The van der Waals surface area contributed by atoms with E-state index in [9.17, 15) is 4.79 Å². The van der Waals surface area contributed by atoms with Crippen LogP contribution < -0.4 is 0 Å². The quantitative estimate of drug-likeness (QED) is 0.594. The Hall–Kier alpha value is -1.67. The lowest BCUT2D eigenvalue weighted by Crippen LogP contribution is -2.09. The number of ether oxygens (including phenoxy) is 1. The van der Waals surface area contributed by atoms with Gasteiger partial charge in [-0.3, -0.25) is 0 Å². The number of aromatic amines is 1. The molecule has 0 saturated carbocycles. The van der Waals surface area contributed by atoms with Crippen LogP contribution in [0.25, 0.3) is 0 Å². The SMILES string of the molecule is CCOC(=O)c1[nH]c(=S)ccc1C#N. The van der Waals surface area contributed by atoms with E-state index >= 15 is 0 Å². The first-order valence-corrected chi connectivity index (χ1v) is 4.40. The summed E-state index contributed by atoms with van der Waals surface area (Å²) in [5.41, 5.74) is 0.346. The predicted octanol–water partition coefficient (Wildman–Crippen LogP) is 1.79. The summed E-state index contributed by atoms with van der Waals surface area (Å²) >= 11 is 4.84. The summed E-state index contributed by atoms with van der Waals surface area (Å²) in [5.74, 6) is -0.559. The molecule has 0 aliphatic carbocycles. The lowest BCUT2D eigenvalue weighted by atomic mass is 10.2. The molecule has 0 spiro atoms. The Balaban J connectivity index is 3.18. The molecule has 0 unspecified atom stereocenters. The zero-order valence-corrected chi connectivity index (χ0v) is 8.35. The molecule has 0 fully saturated rings. The predicted molar refractivity (Wildman–Crippen MR) is 52.3 cm³/mol. The number of nitriles is 1. The molecular formula is C9H8N2O2S. The van der Waals surface area contributed by atoms with Gasteiger partial charge in [0.1, 0.15) is 16.4 Å². The Labute approximate surface area is 86.1 Å². The van der Waals surface area contributed by atoms with Crippen molar-refractivity contribution in [2.24, 2.45) is 0 Å². The number of carbonyl (C=O) groups is 1. The molecule has 5 heteroatoms. The van der Waals surface area contributed by atoms with Crippen molar-refractivity contribution in [3.63, 3.8) is 0 Å². The fraction of sp³-hybridized carbons (Fsp3) is 0.222. The molecule has 0 aliphatic rings. The van der Waals surface area contributed by atoms with E-state index in [1.54, 1.807) is 13.0 Å². The van der Waals surface area contributed by atoms with Gasteiger partial charge in [0.2, 0.25) is 0 Å². The number of H-pyrrole nitrogens is 1. The van der Waals surface area contributed by atoms with Gasteiger partial charge in [-0.25, -0.2) is 4.79 Å². The summed E-state index contributed by atoms with van der Waals surface area (Å²) in [6, 6.07) is 4.93. The Morgan fingerprint density at radius 1 is 1.71 bits per heavy atom. The van der Waals surface area contributed by atoms with E-state index in [0.29, 0.717) is 4.64 Å². The minimum atomic E-state index is -0.559. The minimum Gasteiger partial charge on any atom is -0.461 e. The van der Waals surface area contributed by atoms with Crippen LogP contribution in [0.2, 0.25) is 0 Å². The number of hydrogen-bond acceptors (Lipinski definition) is 4. The van der Waals surface area contributed by atoms with E-state index in [1.807, 2.05) is 6.07 Å². The van der Waals surface area contributed by atoms with Gasteiger partial charge < -0.3 is 9.72 Å². The maximum absolute atomic E-state index is 11.3. The second kappa shape index (κ2) is 4.53. The molecular weight excluding hydrogens is 200 g/mol. The van der Waals surface area contributed by atoms with Gasteiger partial charge >= 0.3 is 5.97 Å². The van der Waals surface area contributed by atoms with Crippen molar-refractivity contribution >= 4 is 18.2 Å². The molecule has 1 aromatic heterocycles. The summed E-state index contributed by atoms with van der Waals surface area (Å²) in [4.78, 5) is 14.0. The Morgan fingerprint density at radius 3 is 3.00 bits per heavy atom. The molecule has 1 rings (SSSR count). The van der Waals surface area contributed by atoms with Gasteiger partial charge in [0.05, 0.1) is 12.2 Å². The minimum absolute atomic E-state index is 0.113. The molecule has 0 bridgehead atoms. The van der Waals surface area contributed by atoms with Crippen LogP contribution in [0.15, 0.2) is 12.1 Å². The van der Waals surface area contributed by atoms with Gasteiger partial charge in [-0.15, -0.1) is 0 Å². The third-order valence-corrected chi connectivity index (χ3v) is 1.76. The van der Waals surface area contributed by atoms with Crippen LogP contribution in [0.5, 0.6) is 0 Å². The Morgan fingerprint density at radius 2 is 2.43 bits per heavy atom. The average Bonchev–Trinajstić information content (AvgIpc) is 2.18. The van der Waals surface area contributed by atoms with Crippen LogP contribution in [0.4, 0.5) is 0 Å². The lowest BCUT2D eigenvalue weighted by Gasteiger charge is -2.02. The van der Waals surface area contributed by atoms with E-state index in [0.717, 1.165) is 0 Å². The summed E-state index contributed by atoms with van der Waals surface area (Å²) in [7, 11) is 0. The van der Waals surface area contributed by atoms with Crippen LogP contribution >= 0.6 is 12.2 Å². The summed E-state index contributed by atoms with van der Waals surface area (Å²) < 4.78 is 5.15. The van der Waals surface area contributed by atoms with Crippen molar-refractivity contribution in [2.45, 2.75) is 6.92 Å². The highest BCUT2D eigenvalue weighted by Crippen LogP contribution is 2.06. The molecule has 1 heterocycles. The largest absolute Gasteiger partial charge is 0.461 e. The molecule has 14 heavy (non-hydrogen) atoms. The first kappa shape index (κ1) is 10.4. The highest BCUT2D eigenvalue weighted by Gasteiger charge is 2.12. The van der Waals surface area contributed by atoms with Crippen molar-refractivity contribution in [3.05, 3.63) is 28.0 Å². The topological polar surface area (TPSA) is 65.9 Å². The number of pyridine rings is 1. The van der Waals surface area contributed by atoms with E-state index in [4.69, 9.17) is 22.2 Å². The number of nitrogens with one attached hydrogen (secondary N) is 1. The maximum atomic E-state index is 11.3. The van der Waals surface area contributed by atoms with Gasteiger partial charge in [-0.1, -0.05) is 12.2 Å². The average molecular weight is 208 g/mol. The van der Waals surface area contributed by atoms with Crippen LogP contribution in [-0.2, 0) is 4.74 Å². The highest BCUT2D eigenvalue weighted by atomic mass is 32.1. The van der Waals surface area contributed by atoms with Crippen LogP contribution in [-0.4, -0.2) is 17.6 Å².